The molecule has 0 aliphatic heterocycles. The SMILES string of the molecule is COCCNCC(C)=CC1CCC1. The van der Waals surface area contributed by atoms with Crippen molar-refractivity contribution in [3.8, 4) is 0 Å². The molecule has 0 radical (unpaired) electrons. The number of hydrogen-bond donors (Lipinski definition) is 1. The maximum atomic E-state index is 4.96. The largest absolute Gasteiger partial charge is 0.383 e. The normalized spacial score (nSPS) is 18.8. The highest BCUT2D eigenvalue weighted by atomic mass is 16.5. The van der Waals surface area contributed by atoms with Gasteiger partial charge in [-0.15, -0.1) is 0 Å². The molecule has 0 atom stereocenters. The van der Waals surface area contributed by atoms with Crippen molar-refractivity contribution in [2.45, 2.75) is 26.2 Å². The molecule has 0 aromatic heterocycles. The van der Waals surface area contributed by atoms with Crippen molar-refractivity contribution < 1.29 is 4.74 Å². The second-order valence-electron chi connectivity index (χ2n) is 3.87. The van der Waals surface area contributed by atoms with Crippen LogP contribution in [0.5, 0.6) is 0 Å². The van der Waals surface area contributed by atoms with Crippen LogP contribution < -0.4 is 5.32 Å². The second kappa shape index (κ2) is 6.17. The van der Waals surface area contributed by atoms with Crippen molar-refractivity contribution in [3.05, 3.63) is 11.6 Å². The first-order valence-corrected chi connectivity index (χ1v) is 5.20. The van der Waals surface area contributed by atoms with Gasteiger partial charge >= 0.3 is 0 Å². The van der Waals surface area contributed by atoms with Crippen molar-refractivity contribution in [2.75, 3.05) is 26.8 Å². The van der Waals surface area contributed by atoms with E-state index in [1.54, 1.807) is 7.11 Å². The number of allylic oxidation sites excluding steroid dienone is 1. The van der Waals surface area contributed by atoms with E-state index in [0.29, 0.717) is 0 Å². The van der Waals surface area contributed by atoms with Gasteiger partial charge in [0.25, 0.3) is 0 Å². The summed E-state index contributed by atoms with van der Waals surface area (Å²) in [6.45, 7) is 4.97. The molecular weight excluding hydrogens is 162 g/mol. The van der Waals surface area contributed by atoms with Gasteiger partial charge in [-0.3, -0.25) is 0 Å². The molecule has 0 bridgehead atoms. The van der Waals surface area contributed by atoms with Crippen molar-refractivity contribution in [3.63, 3.8) is 0 Å². The topological polar surface area (TPSA) is 21.3 Å². The summed E-state index contributed by atoms with van der Waals surface area (Å²) < 4.78 is 4.96. The highest BCUT2D eigenvalue weighted by Gasteiger charge is 2.14. The van der Waals surface area contributed by atoms with E-state index in [0.717, 1.165) is 25.6 Å². The molecule has 13 heavy (non-hydrogen) atoms. The molecule has 1 fully saturated rings. The third kappa shape index (κ3) is 4.44. The Morgan fingerprint density at radius 3 is 2.85 bits per heavy atom. The van der Waals surface area contributed by atoms with Gasteiger partial charge in [0.15, 0.2) is 0 Å². The molecule has 0 amide bonds. The molecule has 1 aliphatic rings. The van der Waals surface area contributed by atoms with E-state index < -0.39 is 0 Å². The van der Waals surface area contributed by atoms with Crippen LogP contribution in [-0.2, 0) is 4.74 Å². The number of nitrogens with one attached hydrogen (secondary N) is 1. The molecule has 2 nitrogen and oxygen atoms in total. The smallest absolute Gasteiger partial charge is 0.0587 e. The first-order chi connectivity index (χ1) is 6.33. The van der Waals surface area contributed by atoms with Crippen LogP contribution in [0, 0.1) is 5.92 Å². The number of rotatable bonds is 6. The zero-order chi connectivity index (χ0) is 9.52. The molecule has 0 heterocycles. The summed E-state index contributed by atoms with van der Waals surface area (Å²) >= 11 is 0. The average Bonchev–Trinajstić information content (AvgIpc) is 2.06. The van der Waals surface area contributed by atoms with Gasteiger partial charge in [0.2, 0.25) is 0 Å². The van der Waals surface area contributed by atoms with Gasteiger partial charge in [0.1, 0.15) is 0 Å². The number of hydrogen-bond acceptors (Lipinski definition) is 2. The van der Waals surface area contributed by atoms with Crippen LogP contribution in [-0.4, -0.2) is 26.8 Å². The summed E-state index contributed by atoms with van der Waals surface area (Å²) in [5.74, 6) is 0.879. The van der Waals surface area contributed by atoms with Gasteiger partial charge in [-0.05, 0) is 25.7 Å². The Kier molecular flexibility index (Phi) is 5.09. The Balaban J connectivity index is 2.02. The van der Waals surface area contributed by atoms with E-state index in [2.05, 4.69) is 18.3 Å². The van der Waals surface area contributed by atoms with E-state index in [1.165, 1.54) is 24.8 Å². The van der Waals surface area contributed by atoms with Crippen LogP contribution >= 0.6 is 0 Å². The third-order valence-electron chi connectivity index (χ3n) is 2.56. The van der Waals surface area contributed by atoms with Crippen LogP contribution in [0.3, 0.4) is 0 Å². The number of ether oxygens (including phenoxy) is 1. The Hall–Kier alpha value is -0.340. The molecule has 0 spiro atoms. The van der Waals surface area contributed by atoms with Crippen LogP contribution in [0.4, 0.5) is 0 Å². The van der Waals surface area contributed by atoms with E-state index >= 15 is 0 Å². The maximum Gasteiger partial charge on any atom is 0.0587 e. The van der Waals surface area contributed by atoms with Crippen LogP contribution in [0.15, 0.2) is 11.6 Å². The van der Waals surface area contributed by atoms with Gasteiger partial charge in [-0.2, -0.15) is 0 Å². The Labute approximate surface area is 81.4 Å². The van der Waals surface area contributed by atoms with Gasteiger partial charge in [0, 0.05) is 20.2 Å². The third-order valence-corrected chi connectivity index (χ3v) is 2.56. The summed E-state index contributed by atoms with van der Waals surface area (Å²) in [6, 6.07) is 0. The summed E-state index contributed by atoms with van der Waals surface area (Å²) in [5, 5.41) is 3.35. The fourth-order valence-corrected chi connectivity index (χ4v) is 1.53. The van der Waals surface area contributed by atoms with Crippen molar-refractivity contribution in [1.82, 2.24) is 5.32 Å². The molecule has 0 aromatic rings. The lowest BCUT2D eigenvalue weighted by Gasteiger charge is -2.22. The lowest BCUT2D eigenvalue weighted by atomic mass is 9.84. The molecule has 2 heteroatoms. The van der Waals surface area contributed by atoms with Gasteiger partial charge in [-0.25, -0.2) is 0 Å². The van der Waals surface area contributed by atoms with Crippen LogP contribution in [0.2, 0.25) is 0 Å². The molecular formula is C11H21NO. The highest BCUT2D eigenvalue weighted by molar-refractivity contribution is 5.04. The van der Waals surface area contributed by atoms with Crippen molar-refractivity contribution in [2.24, 2.45) is 5.92 Å². The minimum absolute atomic E-state index is 0.802. The van der Waals surface area contributed by atoms with Gasteiger partial charge in [0.05, 0.1) is 6.61 Å². The molecule has 1 rings (SSSR count). The predicted molar refractivity (Wildman–Crippen MR) is 55.8 cm³/mol. The zero-order valence-corrected chi connectivity index (χ0v) is 8.81. The Morgan fingerprint density at radius 2 is 2.31 bits per heavy atom. The summed E-state index contributed by atoms with van der Waals surface area (Å²) in [6.07, 6.45) is 6.64. The molecule has 1 N–H and O–H groups in total. The van der Waals surface area contributed by atoms with Gasteiger partial charge < -0.3 is 10.1 Å². The Bertz CT molecular complexity index is 161. The molecule has 0 aromatic carbocycles. The lowest BCUT2D eigenvalue weighted by Crippen LogP contribution is -2.21. The quantitative estimate of drug-likeness (QED) is 0.502. The molecule has 76 valence electrons. The minimum atomic E-state index is 0.802. The first kappa shape index (κ1) is 10.7. The standard InChI is InChI=1S/C11H21NO/c1-10(8-11-4-3-5-11)9-12-6-7-13-2/h8,11-12H,3-7,9H2,1-2H3. The Morgan fingerprint density at radius 1 is 1.54 bits per heavy atom. The fourth-order valence-electron chi connectivity index (χ4n) is 1.53. The van der Waals surface area contributed by atoms with E-state index in [9.17, 15) is 0 Å². The van der Waals surface area contributed by atoms with E-state index in [-0.39, 0.29) is 0 Å². The highest BCUT2D eigenvalue weighted by Crippen LogP contribution is 2.28. The van der Waals surface area contributed by atoms with Crippen LogP contribution in [0.1, 0.15) is 26.2 Å². The summed E-state index contributed by atoms with van der Waals surface area (Å²) in [5.41, 5.74) is 1.47. The monoisotopic (exact) mass is 183 g/mol. The van der Waals surface area contributed by atoms with E-state index in [4.69, 9.17) is 4.74 Å². The maximum absolute atomic E-state index is 4.96. The van der Waals surface area contributed by atoms with Crippen LogP contribution in [0.25, 0.3) is 0 Å². The second-order valence-corrected chi connectivity index (χ2v) is 3.87. The minimum Gasteiger partial charge on any atom is -0.383 e. The first-order valence-electron chi connectivity index (χ1n) is 5.20. The molecule has 1 aliphatic carbocycles. The van der Waals surface area contributed by atoms with Crippen molar-refractivity contribution in [1.29, 1.82) is 0 Å². The average molecular weight is 183 g/mol. The molecule has 0 unspecified atom stereocenters. The summed E-state index contributed by atoms with van der Waals surface area (Å²) in [4.78, 5) is 0. The fraction of sp³-hybridized carbons (Fsp3) is 0.818. The van der Waals surface area contributed by atoms with Gasteiger partial charge in [-0.1, -0.05) is 18.1 Å². The predicted octanol–water partition coefficient (Wildman–Crippen LogP) is 1.97. The molecule has 1 saturated carbocycles. The summed E-state index contributed by atoms with van der Waals surface area (Å²) in [7, 11) is 1.73. The lowest BCUT2D eigenvalue weighted by molar-refractivity contribution is 0.200. The molecule has 0 saturated heterocycles. The number of methoxy groups -OCH3 is 1. The van der Waals surface area contributed by atoms with Crippen molar-refractivity contribution >= 4 is 0 Å². The zero-order valence-electron chi connectivity index (χ0n) is 8.81. The van der Waals surface area contributed by atoms with E-state index in [1.807, 2.05) is 0 Å².